The number of benzene rings is 1. The van der Waals surface area contributed by atoms with Gasteiger partial charge >= 0.3 is 0 Å². The number of ether oxygens (including phenoxy) is 2. The van der Waals surface area contributed by atoms with Gasteiger partial charge in [-0.15, -0.1) is 0 Å². The van der Waals surface area contributed by atoms with Crippen LogP contribution in [0.25, 0.3) is 0 Å². The van der Waals surface area contributed by atoms with Crippen molar-refractivity contribution in [2.45, 2.75) is 19.8 Å². The highest BCUT2D eigenvalue weighted by Gasteiger charge is 2.13. The van der Waals surface area contributed by atoms with Gasteiger partial charge in [0.1, 0.15) is 0 Å². The van der Waals surface area contributed by atoms with E-state index in [1.54, 1.807) is 6.07 Å². The van der Waals surface area contributed by atoms with Gasteiger partial charge in [-0.05, 0) is 12.5 Å². The van der Waals surface area contributed by atoms with Crippen LogP contribution in [0.3, 0.4) is 0 Å². The van der Waals surface area contributed by atoms with E-state index in [2.05, 4.69) is 6.92 Å². The van der Waals surface area contributed by atoms with Crippen molar-refractivity contribution in [3.8, 4) is 11.5 Å². The van der Waals surface area contributed by atoms with E-state index in [9.17, 15) is 4.79 Å². The molecule has 0 radical (unpaired) electrons. The van der Waals surface area contributed by atoms with Gasteiger partial charge in [-0.2, -0.15) is 0 Å². The van der Waals surface area contributed by atoms with Crippen molar-refractivity contribution in [2.75, 3.05) is 19.5 Å². The smallest absolute Gasteiger partial charge is 0.250 e. The number of rotatable bonds is 6. The lowest BCUT2D eigenvalue weighted by Crippen LogP contribution is -2.14. The first-order chi connectivity index (χ1) is 8.10. The average Bonchev–Trinajstić information content (AvgIpc) is 2.30. The molecule has 4 N–H and O–H groups in total. The lowest BCUT2D eigenvalue weighted by Gasteiger charge is -2.12. The van der Waals surface area contributed by atoms with Gasteiger partial charge < -0.3 is 20.9 Å². The van der Waals surface area contributed by atoms with Crippen LogP contribution in [0.5, 0.6) is 11.5 Å². The molecule has 1 amide bonds. The summed E-state index contributed by atoms with van der Waals surface area (Å²) in [5, 5.41) is 0. The minimum Gasteiger partial charge on any atom is -0.493 e. The summed E-state index contributed by atoms with van der Waals surface area (Å²) >= 11 is 0. The summed E-state index contributed by atoms with van der Waals surface area (Å²) in [6, 6.07) is 3.06. The zero-order chi connectivity index (χ0) is 12.8. The fourth-order valence-electron chi connectivity index (χ4n) is 1.39. The summed E-state index contributed by atoms with van der Waals surface area (Å²) in [7, 11) is 1.52. The Labute approximate surface area is 101 Å². The Morgan fingerprint density at radius 3 is 2.59 bits per heavy atom. The predicted molar refractivity (Wildman–Crippen MR) is 66.3 cm³/mol. The molecule has 5 nitrogen and oxygen atoms in total. The number of hydrogen-bond donors (Lipinski definition) is 2. The van der Waals surface area contributed by atoms with Gasteiger partial charge in [0.05, 0.1) is 19.3 Å². The second-order valence-electron chi connectivity index (χ2n) is 3.66. The highest BCUT2D eigenvalue weighted by molar-refractivity contribution is 5.98. The molecule has 0 aliphatic carbocycles. The van der Waals surface area contributed by atoms with Crippen molar-refractivity contribution in [2.24, 2.45) is 5.73 Å². The number of anilines is 1. The molecule has 0 saturated carbocycles. The third-order valence-electron chi connectivity index (χ3n) is 2.36. The maximum atomic E-state index is 11.1. The summed E-state index contributed by atoms with van der Waals surface area (Å²) in [6.45, 7) is 2.63. The van der Waals surface area contributed by atoms with E-state index < -0.39 is 5.91 Å². The van der Waals surface area contributed by atoms with Crippen LogP contribution in [0.1, 0.15) is 30.1 Å². The lowest BCUT2D eigenvalue weighted by molar-refractivity contribution is 0.100. The van der Waals surface area contributed by atoms with Crippen LogP contribution < -0.4 is 20.9 Å². The Kier molecular flexibility index (Phi) is 4.63. The number of methoxy groups -OCH3 is 1. The van der Waals surface area contributed by atoms with E-state index in [0.29, 0.717) is 18.1 Å². The molecule has 0 spiro atoms. The minimum absolute atomic E-state index is 0.247. The number of carbonyl (C=O) groups is 1. The van der Waals surface area contributed by atoms with Gasteiger partial charge in [0.15, 0.2) is 11.5 Å². The van der Waals surface area contributed by atoms with E-state index in [-0.39, 0.29) is 11.3 Å². The van der Waals surface area contributed by atoms with Gasteiger partial charge in [0.2, 0.25) is 0 Å². The minimum atomic E-state index is -0.578. The first-order valence-corrected chi connectivity index (χ1v) is 5.50. The first kappa shape index (κ1) is 13.2. The fourth-order valence-corrected chi connectivity index (χ4v) is 1.39. The van der Waals surface area contributed by atoms with Crippen molar-refractivity contribution < 1.29 is 14.3 Å². The molecule has 1 aromatic rings. The molecule has 94 valence electrons. The monoisotopic (exact) mass is 238 g/mol. The number of nitrogen functional groups attached to an aromatic ring is 1. The maximum absolute atomic E-state index is 11.1. The molecular weight excluding hydrogens is 220 g/mol. The predicted octanol–water partition coefficient (Wildman–Crippen LogP) is 1.56. The van der Waals surface area contributed by atoms with Crippen molar-refractivity contribution in [3.05, 3.63) is 17.7 Å². The fraction of sp³-hybridized carbons (Fsp3) is 0.417. The van der Waals surface area contributed by atoms with Crippen molar-refractivity contribution >= 4 is 11.6 Å². The zero-order valence-corrected chi connectivity index (χ0v) is 10.2. The summed E-state index contributed by atoms with van der Waals surface area (Å²) < 4.78 is 10.7. The third-order valence-corrected chi connectivity index (χ3v) is 2.36. The van der Waals surface area contributed by atoms with Gasteiger partial charge in [-0.3, -0.25) is 4.79 Å². The van der Waals surface area contributed by atoms with E-state index in [4.69, 9.17) is 20.9 Å². The molecule has 0 heterocycles. The van der Waals surface area contributed by atoms with Crippen LogP contribution in [0.15, 0.2) is 12.1 Å². The molecule has 0 saturated heterocycles. The van der Waals surface area contributed by atoms with Crippen molar-refractivity contribution in [1.29, 1.82) is 0 Å². The lowest BCUT2D eigenvalue weighted by atomic mass is 10.1. The molecule has 0 aliphatic heterocycles. The van der Waals surface area contributed by atoms with Gasteiger partial charge in [-0.25, -0.2) is 0 Å². The number of amides is 1. The Hall–Kier alpha value is -1.91. The van der Waals surface area contributed by atoms with Crippen LogP contribution in [-0.4, -0.2) is 19.6 Å². The molecule has 0 fully saturated rings. The highest BCUT2D eigenvalue weighted by atomic mass is 16.5. The molecule has 0 aromatic heterocycles. The second-order valence-corrected chi connectivity index (χ2v) is 3.66. The van der Waals surface area contributed by atoms with Gasteiger partial charge in [-0.1, -0.05) is 13.3 Å². The largest absolute Gasteiger partial charge is 0.493 e. The molecular formula is C12H18N2O3. The number of nitrogens with two attached hydrogens (primary N) is 2. The number of carbonyl (C=O) groups excluding carboxylic acids is 1. The maximum Gasteiger partial charge on any atom is 0.250 e. The molecule has 0 atom stereocenters. The van der Waals surface area contributed by atoms with E-state index in [0.717, 1.165) is 12.8 Å². The van der Waals surface area contributed by atoms with Crippen molar-refractivity contribution in [3.63, 3.8) is 0 Å². The normalized spacial score (nSPS) is 10.0. The zero-order valence-electron chi connectivity index (χ0n) is 10.2. The Morgan fingerprint density at radius 2 is 2.06 bits per heavy atom. The molecule has 0 aliphatic rings. The third kappa shape index (κ3) is 3.27. The Morgan fingerprint density at radius 1 is 1.35 bits per heavy atom. The van der Waals surface area contributed by atoms with E-state index in [1.807, 2.05) is 0 Å². The van der Waals surface area contributed by atoms with Crippen LogP contribution in [0.4, 0.5) is 5.69 Å². The standard InChI is InChI=1S/C12H18N2O3/c1-3-4-5-17-11-6-8(12(14)15)9(13)7-10(11)16-2/h6-7H,3-5,13H2,1-2H3,(H2,14,15). The van der Waals surface area contributed by atoms with E-state index >= 15 is 0 Å². The van der Waals surface area contributed by atoms with Gasteiger partial charge in [0, 0.05) is 11.8 Å². The quantitative estimate of drug-likeness (QED) is 0.581. The SMILES string of the molecule is CCCCOc1cc(C(N)=O)c(N)cc1OC. The van der Waals surface area contributed by atoms with Crippen LogP contribution in [0, 0.1) is 0 Å². The average molecular weight is 238 g/mol. The number of primary amides is 1. The first-order valence-electron chi connectivity index (χ1n) is 5.50. The van der Waals surface area contributed by atoms with Crippen LogP contribution >= 0.6 is 0 Å². The number of hydrogen-bond acceptors (Lipinski definition) is 4. The molecule has 17 heavy (non-hydrogen) atoms. The van der Waals surface area contributed by atoms with Gasteiger partial charge in [0.25, 0.3) is 5.91 Å². The van der Waals surface area contributed by atoms with Crippen LogP contribution in [0.2, 0.25) is 0 Å². The van der Waals surface area contributed by atoms with Crippen LogP contribution in [-0.2, 0) is 0 Å². The molecule has 1 aromatic carbocycles. The van der Waals surface area contributed by atoms with Crippen molar-refractivity contribution in [1.82, 2.24) is 0 Å². The molecule has 0 bridgehead atoms. The molecule has 0 unspecified atom stereocenters. The summed E-state index contributed by atoms with van der Waals surface area (Å²) in [5.41, 5.74) is 11.4. The molecule has 1 rings (SSSR count). The van der Waals surface area contributed by atoms with E-state index in [1.165, 1.54) is 13.2 Å². The summed E-state index contributed by atoms with van der Waals surface area (Å²) in [4.78, 5) is 11.1. The summed E-state index contributed by atoms with van der Waals surface area (Å²) in [5.74, 6) is 0.415. The Bertz CT molecular complexity index is 405. The summed E-state index contributed by atoms with van der Waals surface area (Å²) in [6.07, 6.45) is 1.96. The number of unbranched alkanes of at least 4 members (excludes halogenated alkanes) is 1. The Balaban J connectivity index is 2.99. The topological polar surface area (TPSA) is 87.6 Å². The molecule has 5 heteroatoms. The highest BCUT2D eigenvalue weighted by Crippen LogP contribution is 2.32. The second kappa shape index (κ2) is 5.98.